The summed E-state index contributed by atoms with van der Waals surface area (Å²) in [6.07, 6.45) is 5.22. The van der Waals surface area contributed by atoms with Crippen LogP contribution in [0.1, 0.15) is 50.8 Å². The van der Waals surface area contributed by atoms with Crippen molar-refractivity contribution < 1.29 is 33.4 Å². The number of benzene rings is 1. The van der Waals surface area contributed by atoms with Crippen molar-refractivity contribution in [2.75, 3.05) is 25.5 Å². The molecule has 13 heteroatoms. The Labute approximate surface area is 259 Å². The van der Waals surface area contributed by atoms with Crippen LogP contribution in [-0.2, 0) is 27.3 Å². The van der Waals surface area contributed by atoms with E-state index >= 15 is 0 Å². The third-order valence-electron chi connectivity index (χ3n) is 7.54. The molecule has 1 saturated heterocycles. The molecule has 3 amide bonds. The van der Waals surface area contributed by atoms with Gasteiger partial charge >= 0.3 is 12.2 Å². The molecule has 0 spiro atoms. The number of anilines is 1. The van der Waals surface area contributed by atoms with Crippen LogP contribution in [0, 0.1) is 11.7 Å². The van der Waals surface area contributed by atoms with Gasteiger partial charge in [-0.05, 0) is 80.0 Å². The number of methoxy groups -OCH3 is 1. The van der Waals surface area contributed by atoms with Crippen LogP contribution in [0.4, 0.5) is 19.7 Å². The molecule has 0 aliphatic carbocycles. The van der Waals surface area contributed by atoms with Gasteiger partial charge in [0.15, 0.2) is 0 Å². The quantitative estimate of drug-likeness (QED) is 0.269. The molecule has 1 aromatic carbocycles. The number of carbonyl (C=O) groups is 4. The van der Waals surface area contributed by atoms with Crippen molar-refractivity contribution in [2.45, 2.75) is 58.5 Å². The number of rotatable bonds is 11. The van der Waals surface area contributed by atoms with E-state index < -0.39 is 35.5 Å². The topological polar surface area (TPSA) is 152 Å². The summed E-state index contributed by atoms with van der Waals surface area (Å²) < 4.78 is 21.3. The third-order valence-corrected chi connectivity index (χ3v) is 7.54. The molecule has 12 nitrogen and oxygen atoms in total. The van der Waals surface area contributed by atoms with Gasteiger partial charge in [0.05, 0.1) is 24.9 Å². The van der Waals surface area contributed by atoms with Crippen molar-refractivity contribution in [2.24, 2.45) is 5.92 Å². The largest absolute Gasteiger partial charge is 0.464 e. The number of halogens is 1. The molecule has 0 saturated carbocycles. The van der Waals surface area contributed by atoms with E-state index in [-0.39, 0.29) is 36.2 Å². The Hall–Kier alpha value is -4.94. The highest BCUT2D eigenvalue weighted by Gasteiger charge is 2.23. The number of carboxylic acid groups (broad SMARTS) is 1. The Morgan fingerprint density at radius 1 is 1.13 bits per heavy atom. The number of amides is 3. The summed E-state index contributed by atoms with van der Waals surface area (Å²) in [6.45, 7) is 5.14. The number of fused-ring (bicyclic) bond motifs is 1. The average molecular weight is 624 g/mol. The molecule has 3 N–H and O–H groups in total. The van der Waals surface area contributed by atoms with Gasteiger partial charge in [0.2, 0.25) is 11.8 Å². The average Bonchev–Trinajstić information content (AvgIpc) is 3.64. The Morgan fingerprint density at radius 2 is 1.87 bits per heavy atom. The van der Waals surface area contributed by atoms with Gasteiger partial charge < -0.3 is 29.9 Å². The minimum absolute atomic E-state index is 0.0940. The van der Waals surface area contributed by atoms with Crippen LogP contribution >= 0.6 is 0 Å². The number of hydrogen-bond acceptors (Lipinski definition) is 6. The second kappa shape index (κ2) is 14.7. The molecular formula is C32H38FN5O7. The number of aromatic nitrogens is 2. The van der Waals surface area contributed by atoms with Crippen molar-refractivity contribution in [3.8, 4) is 0 Å². The van der Waals surface area contributed by atoms with Crippen LogP contribution in [0.25, 0.3) is 10.9 Å². The van der Waals surface area contributed by atoms with E-state index in [0.717, 1.165) is 24.5 Å². The van der Waals surface area contributed by atoms with E-state index in [9.17, 15) is 33.5 Å². The lowest BCUT2D eigenvalue weighted by molar-refractivity contribution is -0.125. The van der Waals surface area contributed by atoms with Crippen LogP contribution in [0.15, 0.2) is 53.5 Å². The van der Waals surface area contributed by atoms with Gasteiger partial charge in [-0.1, -0.05) is 19.9 Å². The van der Waals surface area contributed by atoms with Crippen molar-refractivity contribution in [1.29, 1.82) is 0 Å². The lowest BCUT2D eigenvalue weighted by Gasteiger charge is -2.17. The number of carbonyl (C=O) groups excluding carboxylic acids is 3. The Bertz CT molecular complexity index is 1670. The second-order valence-electron chi connectivity index (χ2n) is 11.4. The zero-order valence-electron chi connectivity index (χ0n) is 25.5. The maximum atomic E-state index is 14.4. The van der Waals surface area contributed by atoms with Gasteiger partial charge in [-0.15, -0.1) is 0 Å². The van der Waals surface area contributed by atoms with E-state index in [0.29, 0.717) is 42.4 Å². The second-order valence-corrected chi connectivity index (χ2v) is 11.4. The maximum absolute atomic E-state index is 14.4. The first-order valence-corrected chi connectivity index (χ1v) is 14.8. The molecule has 3 aromatic rings. The molecule has 1 aliphatic heterocycles. The van der Waals surface area contributed by atoms with Crippen LogP contribution in [-0.4, -0.2) is 69.4 Å². The maximum Gasteiger partial charge on any atom is 0.416 e. The highest BCUT2D eigenvalue weighted by atomic mass is 19.1. The summed E-state index contributed by atoms with van der Waals surface area (Å²) in [7, 11) is 1.16. The van der Waals surface area contributed by atoms with Crippen molar-refractivity contribution in [3.63, 3.8) is 0 Å². The first kappa shape index (κ1) is 33.0. The lowest BCUT2D eigenvalue weighted by atomic mass is 10.0. The standard InChI is InChI=1S/C32H38FN5O7/c1-20(2)15-21-16-23(33)17-22-18-24(38(28(21)22)32(43)44)19-37-14-8-10-26(30(37)41)34-29(40)25(35-31(42)45-3)9-4-5-11-27(39)36-12-6-7-13-36/h5,8,10-11,14,16-18,20,25H,4,6-7,9,12-13,15,19H2,1-3H3,(H,34,40)(H,35,42)(H,43,44)/b11-5+/t25-/m0/s1. The molecular weight excluding hydrogens is 585 g/mol. The summed E-state index contributed by atoms with van der Waals surface area (Å²) in [4.78, 5) is 64.9. The normalized spacial score (nSPS) is 13.8. The third kappa shape index (κ3) is 8.16. The monoisotopic (exact) mass is 623 g/mol. The van der Waals surface area contributed by atoms with Crippen LogP contribution < -0.4 is 16.2 Å². The first-order valence-electron chi connectivity index (χ1n) is 14.8. The van der Waals surface area contributed by atoms with Gasteiger partial charge in [-0.2, -0.15) is 0 Å². The fraction of sp³-hybridized carbons (Fsp3) is 0.406. The SMILES string of the molecule is COC(=O)N[C@@H](CC/C=C/C(=O)N1CCCC1)C(=O)Nc1cccn(Cc2cc3cc(F)cc(CC(C)C)c3n2C(=O)O)c1=O. The zero-order valence-corrected chi connectivity index (χ0v) is 25.5. The zero-order chi connectivity index (χ0) is 32.7. The van der Waals surface area contributed by atoms with Crippen molar-refractivity contribution >= 4 is 40.6 Å². The fourth-order valence-corrected chi connectivity index (χ4v) is 5.49. The van der Waals surface area contributed by atoms with E-state index in [4.69, 9.17) is 0 Å². The van der Waals surface area contributed by atoms with Crippen molar-refractivity contribution in [3.05, 3.63) is 76.1 Å². The Balaban J connectivity index is 1.54. The molecule has 3 heterocycles. The predicted molar refractivity (Wildman–Crippen MR) is 166 cm³/mol. The molecule has 2 aromatic heterocycles. The minimum Gasteiger partial charge on any atom is -0.464 e. The number of allylic oxidation sites excluding steroid dienone is 1. The molecule has 0 radical (unpaired) electrons. The minimum atomic E-state index is -1.28. The van der Waals surface area contributed by atoms with Crippen LogP contribution in [0.5, 0.6) is 0 Å². The van der Waals surface area contributed by atoms with E-state index in [1.54, 1.807) is 11.0 Å². The number of likely N-dealkylation sites (tertiary alicyclic amines) is 1. The highest BCUT2D eigenvalue weighted by molar-refractivity contribution is 5.96. The summed E-state index contributed by atoms with van der Waals surface area (Å²) in [5.74, 6) is -1.13. The first-order chi connectivity index (χ1) is 21.5. The fourth-order valence-electron chi connectivity index (χ4n) is 5.49. The van der Waals surface area contributed by atoms with E-state index in [2.05, 4.69) is 15.4 Å². The highest BCUT2D eigenvalue weighted by Crippen LogP contribution is 2.27. The molecule has 0 unspecified atom stereocenters. The predicted octanol–water partition coefficient (Wildman–Crippen LogP) is 4.34. The van der Waals surface area contributed by atoms with Gasteiger partial charge in [-0.25, -0.2) is 18.5 Å². The lowest BCUT2D eigenvalue weighted by Crippen LogP contribution is -2.44. The molecule has 45 heavy (non-hydrogen) atoms. The van der Waals surface area contributed by atoms with Gasteiger partial charge in [0.25, 0.3) is 5.56 Å². The van der Waals surface area contributed by atoms with Crippen LogP contribution in [0.3, 0.4) is 0 Å². The van der Waals surface area contributed by atoms with Gasteiger partial charge in [0, 0.05) is 24.7 Å². The summed E-state index contributed by atoms with van der Waals surface area (Å²) in [6, 6.07) is 5.95. The number of ether oxygens (including phenoxy) is 1. The van der Waals surface area contributed by atoms with E-state index in [1.165, 1.54) is 47.2 Å². The molecule has 1 atom stereocenters. The smallest absolute Gasteiger partial charge is 0.416 e. The summed E-state index contributed by atoms with van der Waals surface area (Å²) in [5.41, 5.74) is 0.427. The molecule has 1 fully saturated rings. The van der Waals surface area contributed by atoms with E-state index in [1.807, 2.05) is 13.8 Å². The van der Waals surface area contributed by atoms with Crippen molar-refractivity contribution in [1.82, 2.24) is 19.4 Å². The van der Waals surface area contributed by atoms with Crippen LogP contribution in [0.2, 0.25) is 0 Å². The number of nitrogens with one attached hydrogen (secondary N) is 2. The van der Waals surface area contributed by atoms with Gasteiger partial charge in [0.1, 0.15) is 17.5 Å². The number of pyridine rings is 1. The molecule has 1 aliphatic rings. The number of alkyl carbamates (subject to hydrolysis) is 1. The Morgan fingerprint density at radius 3 is 2.53 bits per heavy atom. The van der Waals surface area contributed by atoms with Gasteiger partial charge in [-0.3, -0.25) is 14.4 Å². The molecule has 4 rings (SSSR count). The molecule has 0 bridgehead atoms. The summed E-state index contributed by atoms with van der Waals surface area (Å²) >= 11 is 0. The summed E-state index contributed by atoms with van der Waals surface area (Å²) in [5, 5.41) is 15.5. The molecule has 240 valence electrons. The number of hydrogen-bond donors (Lipinski definition) is 3. The number of nitrogens with zero attached hydrogens (tertiary/aromatic N) is 3. The Kier molecular flexibility index (Phi) is 10.8.